The van der Waals surface area contributed by atoms with Gasteiger partial charge in [0.05, 0.1) is 5.69 Å². The fourth-order valence-electron chi connectivity index (χ4n) is 2.72. The Kier molecular flexibility index (Phi) is 4.58. The van der Waals surface area contributed by atoms with Crippen molar-refractivity contribution in [2.75, 3.05) is 26.7 Å². The molecule has 1 amide bonds. The summed E-state index contributed by atoms with van der Waals surface area (Å²) in [6, 6.07) is 0. The van der Waals surface area contributed by atoms with Gasteiger partial charge in [0, 0.05) is 19.5 Å². The topological polar surface area (TPSA) is 58.4 Å². The third kappa shape index (κ3) is 2.97. The third-order valence-electron chi connectivity index (χ3n) is 3.86. The van der Waals surface area contributed by atoms with Crippen LogP contribution in [0.15, 0.2) is 4.52 Å². The molecule has 106 valence electrons. The lowest BCUT2D eigenvalue weighted by Gasteiger charge is -2.31. The van der Waals surface area contributed by atoms with Crippen molar-refractivity contribution in [3.63, 3.8) is 0 Å². The summed E-state index contributed by atoms with van der Waals surface area (Å²) in [4.78, 5) is 14.5. The molecule has 1 saturated heterocycles. The average molecular weight is 265 g/mol. The second-order valence-corrected chi connectivity index (χ2v) is 5.21. The van der Waals surface area contributed by atoms with E-state index in [-0.39, 0.29) is 5.91 Å². The van der Waals surface area contributed by atoms with Crippen LogP contribution in [-0.2, 0) is 6.42 Å². The molecule has 2 heterocycles. The highest BCUT2D eigenvalue weighted by Crippen LogP contribution is 2.22. The lowest BCUT2D eigenvalue weighted by atomic mass is 9.96. The fraction of sp³-hybridized carbons (Fsp3) is 0.714. The van der Waals surface area contributed by atoms with Crippen molar-refractivity contribution in [1.82, 2.24) is 15.4 Å². The standard InChI is InChI=1S/C14H23N3O2/c1-4-12-13(10(2)16-19-12)14(18)17-7-5-11(6-8-17)9-15-3/h11,15H,4-9H2,1-3H3. The molecule has 5 nitrogen and oxygen atoms in total. The lowest BCUT2D eigenvalue weighted by molar-refractivity contribution is 0.0688. The molecule has 1 fully saturated rings. The Balaban J connectivity index is 2.03. The van der Waals surface area contributed by atoms with Gasteiger partial charge >= 0.3 is 0 Å². The number of hydrogen-bond donors (Lipinski definition) is 1. The van der Waals surface area contributed by atoms with Crippen LogP contribution in [0.2, 0.25) is 0 Å². The molecule has 1 aromatic rings. The summed E-state index contributed by atoms with van der Waals surface area (Å²) in [6.45, 7) is 6.52. The molecule has 0 radical (unpaired) electrons. The van der Waals surface area contributed by atoms with E-state index in [0.29, 0.717) is 29.4 Å². The average Bonchev–Trinajstić information content (AvgIpc) is 2.80. The van der Waals surface area contributed by atoms with E-state index < -0.39 is 0 Å². The van der Waals surface area contributed by atoms with Crippen LogP contribution in [0.1, 0.15) is 41.6 Å². The largest absolute Gasteiger partial charge is 0.360 e. The maximum atomic E-state index is 12.5. The number of hydrogen-bond acceptors (Lipinski definition) is 4. The van der Waals surface area contributed by atoms with E-state index in [0.717, 1.165) is 32.5 Å². The van der Waals surface area contributed by atoms with Crippen molar-refractivity contribution >= 4 is 5.91 Å². The number of piperidine rings is 1. The predicted molar refractivity (Wildman–Crippen MR) is 73.2 cm³/mol. The highest BCUT2D eigenvalue weighted by atomic mass is 16.5. The number of nitrogens with one attached hydrogen (secondary N) is 1. The minimum atomic E-state index is 0.0820. The molecule has 0 unspecified atom stereocenters. The molecule has 0 bridgehead atoms. The van der Waals surface area contributed by atoms with Gasteiger partial charge < -0.3 is 14.7 Å². The van der Waals surface area contributed by atoms with Gasteiger partial charge in [-0.1, -0.05) is 12.1 Å². The Morgan fingerprint density at radius 3 is 2.74 bits per heavy atom. The summed E-state index contributed by atoms with van der Waals surface area (Å²) in [5.41, 5.74) is 1.38. The minimum Gasteiger partial charge on any atom is -0.360 e. The monoisotopic (exact) mass is 265 g/mol. The van der Waals surface area contributed by atoms with Crippen molar-refractivity contribution in [1.29, 1.82) is 0 Å². The van der Waals surface area contributed by atoms with Crippen LogP contribution in [-0.4, -0.2) is 42.6 Å². The molecule has 19 heavy (non-hydrogen) atoms. The summed E-state index contributed by atoms with van der Waals surface area (Å²) in [7, 11) is 1.98. The maximum absolute atomic E-state index is 12.5. The third-order valence-corrected chi connectivity index (χ3v) is 3.86. The molecule has 1 N–H and O–H groups in total. The highest BCUT2D eigenvalue weighted by Gasteiger charge is 2.27. The molecule has 1 aliphatic heterocycles. The summed E-state index contributed by atoms with van der Waals surface area (Å²) >= 11 is 0. The van der Waals surface area contributed by atoms with E-state index in [1.54, 1.807) is 0 Å². The van der Waals surface area contributed by atoms with Crippen molar-refractivity contribution in [2.45, 2.75) is 33.1 Å². The summed E-state index contributed by atoms with van der Waals surface area (Å²) in [5.74, 6) is 1.47. The number of carbonyl (C=O) groups excluding carboxylic acids is 1. The summed E-state index contributed by atoms with van der Waals surface area (Å²) in [6.07, 6.45) is 2.84. The van der Waals surface area contributed by atoms with Gasteiger partial charge in [-0.3, -0.25) is 4.79 Å². The number of aryl methyl sites for hydroxylation is 2. The number of nitrogens with zero attached hydrogens (tertiary/aromatic N) is 2. The van der Waals surface area contributed by atoms with Crippen molar-refractivity contribution < 1.29 is 9.32 Å². The first-order chi connectivity index (χ1) is 9.17. The molecule has 2 rings (SSSR count). The van der Waals surface area contributed by atoms with E-state index in [4.69, 9.17) is 4.52 Å². The molecule has 5 heteroatoms. The molecule has 1 aliphatic rings. The van der Waals surface area contributed by atoms with Crippen LogP contribution in [0.3, 0.4) is 0 Å². The van der Waals surface area contributed by atoms with Gasteiger partial charge in [-0.25, -0.2) is 0 Å². The van der Waals surface area contributed by atoms with Gasteiger partial charge in [0.25, 0.3) is 5.91 Å². The summed E-state index contributed by atoms with van der Waals surface area (Å²) in [5, 5.41) is 7.12. The van der Waals surface area contributed by atoms with Crippen LogP contribution < -0.4 is 5.32 Å². The zero-order valence-corrected chi connectivity index (χ0v) is 12.0. The quantitative estimate of drug-likeness (QED) is 0.898. The SMILES string of the molecule is CCc1onc(C)c1C(=O)N1CCC(CNC)CC1. The zero-order valence-electron chi connectivity index (χ0n) is 12.0. The van der Waals surface area contributed by atoms with Crippen LogP contribution in [0, 0.1) is 12.8 Å². The second kappa shape index (κ2) is 6.19. The zero-order chi connectivity index (χ0) is 13.8. The number of carbonyl (C=O) groups is 1. The van der Waals surface area contributed by atoms with Gasteiger partial charge in [0.1, 0.15) is 11.3 Å². The Labute approximate surface area is 114 Å². The van der Waals surface area contributed by atoms with E-state index >= 15 is 0 Å². The molecule has 0 saturated carbocycles. The molecule has 0 aromatic carbocycles. The van der Waals surface area contributed by atoms with Crippen molar-refractivity contribution in [2.24, 2.45) is 5.92 Å². The Hall–Kier alpha value is -1.36. The van der Waals surface area contributed by atoms with E-state index in [1.165, 1.54) is 0 Å². The smallest absolute Gasteiger partial charge is 0.259 e. The minimum absolute atomic E-state index is 0.0820. The van der Waals surface area contributed by atoms with Crippen LogP contribution >= 0.6 is 0 Å². The molecular weight excluding hydrogens is 242 g/mol. The lowest BCUT2D eigenvalue weighted by Crippen LogP contribution is -2.40. The first-order valence-corrected chi connectivity index (χ1v) is 7.06. The Morgan fingerprint density at radius 2 is 2.16 bits per heavy atom. The van der Waals surface area contributed by atoms with Crippen LogP contribution in [0.25, 0.3) is 0 Å². The van der Waals surface area contributed by atoms with Crippen molar-refractivity contribution in [3.05, 3.63) is 17.0 Å². The van der Waals surface area contributed by atoms with Gasteiger partial charge in [0.2, 0.25) is 0 Å². The normalized spacial score (nSPS) is 16.9. The van der Waals surface area contributed by atoms with E-state index in [1.807, 2.05) is 25.8 Å². The van der Waals surface area contributed by atoms with Gasteiger partial charge in [-0.15, -0.1) is 0 Å². The van der Waals surface area contributed by atoms with E-state index in [2.05, 4.69) is 10.5 Å². The molecular formula is C14H23N3O2. The van der Waals surface area contributed by atoms with Crippen LogP contribution in [0.4, 0.5) is 0 Å². The molecule has 0 atom stereocenters. The fourth-order valence-corrected chi connectivity index (χ4v) is 2.72. The Bertz CT molecular complexity index is 434. The first kappa shape index (κ1) is 14.1. The van der Waals surface area contributed by atoms with Gasteiger partial charge in [-0.05, 0) is 39.3 Å². The predicted octanol–water partition coefficient (Wildman–Crippen LogP) is 1.62. The molecule has 0 spiro atoms. The second-order valence-electron chi connectivity index (χ2n) is 5.21. The van der Waals surface area contributed by atoms with Crippen LogP contribution in [0.5, 0.6) is 0 Å². The number of aromatic nitrogens is 1. The van der Waals surface area contributed by atoms with Gasteiger partial charge in [-0.2, -0.15) is 0 Å². The Morgan fingerprint density at radius 1 is 1.47 bits per heavy atom. The van der Waals surface area contributed by atoms with E-state index in [9.17, 15) is 4.79 Å². The van der Waals surface area contributed by atoms with Gasteiger partial charge in [0.15, 0.2) is 0 Å². The first-order valence-electron chi connectivity index (χ1n) is 7.06. The molecule has 0 aliphatic carbocycles. The van der Waals surface area contributed by atoms with Crippen molar-refractivity contribution in [3.8, 4) is 0 Å². The maximum Gasteiger partial charge on any atom is 0.259 e. The highest BCUT2D eigenvalue weighted by molar-refractivity contribution is 5.96. The number of rotatable bonds is 4. The number of likely N-dealkylation sites (tertiary alicyclic amines) is 1. The molecule has 1 aromatic heterocycles. The number of amides is 1. The summed E-state index contributed by atoms with van der Waals surface area (Å²) < 4.78 is 5.21.